The zero-order valence-electron chi connectivity index (χ0n) is 31.1. The second kappa shape index (κ2) is 13.2. The molecule has 0 heterocycles. The molecule has 260 valence electrons. The molecule has 0 aromatic heterocycles. The Kier molecular flexibility index (Phi) is 8.84. The maximum Gasteiger partial charge on any atom is 0.122 e. The summed E-state index contributed by atoms with van der Waals surface area (Å²) in [7, 11) is 0. The fourth-order valence-corrected chi connectivity index (χ4v) is 7.35. The van der Waals surface area contributed by atoms with Gasteiger partial charge in [0.05, 0.1) is 5.60 Å². The smallest absolute Gasteiger partial charge is 0.122 e. The average Bonchev–Trinajstić information content (AvgIpc) is 3.14. The first-order chi connectivity index (χ1) is 24.8. The summed E-state index contributed by atoms with van der Waals surface area (Å²) in [6.07, 6.45) is 0. The first-order valence-electron chi connectivity index (χ1n) is 18.0. The zero-order valence-corrected chi connectivity index (χ0v) is 31.1. The number of benzene rings is 7. The fraction of sp³-hybridized carbons (Fsp3) is 0.208. The Hall–Kier alpha value is -5.58. The number of hydrogen-bond donors (Lipinski definition) is 1. The molecule has 7 rings (SSSR count). The van der Waals surface area contributed by atoms with Crippen LogP contribution >= 0.6 is 0 Å². The molecular formula is C48H46N2O2. The predicted octanol–water partition coefficient (Wildman–Crippen LogP) is 13.3. The van der Waals surface area contributed by atoms with E-state index in [4.69, 9.17) is 0 Å². The SMILES string of the molecule is CC(C)(C)c1ccc(N(c2ccc(-c3c(C(C)(C)O)ccc4ccccc34)cc2)c2ccc(-c3c(C(C)(C)N=O)ccc4ccccc34)cc2)cc1. The van der Waals surface area contributed by atoms with Gasteiger partial charge in [-0.2, -0.15) is 0 Å². The van der Waals surface area contributed by atoms with E-state index < -0.39 is 11.1 Å². The quantitative estimate of drug-likeness (QED) is 0.162. The van der Waals surface area contributed by atoms with E-state index in [2.05, 4.69) is 146 Å². The number of anilines is 3. The highest BCUT2D eigenvalue weighted by Crippen LogP contribution is 2.43. The molecule has 0 atom stereocenters. The van der Waals surface area contributed by atoms with Crippen LogP contribution in [-0.4, -0.2) is 5.11 Å². The molecule has 0 saturated heterocycles. The van der Waals surface area contributed by atoms with Crippen LogP contribution in [0.4, 0.5) is 17.1 Å². The molecule has 0 bridgehead atoms. The van der Waals surface area contributed by atoms with Crippen LogP contribution in [0.25, 0.3) is 43.8 Å². The van der Waals surface area contributed by atoms with Gasteiger partial charge in [-0.1, -0.05) is 135 Å². The van der Waals surface area contributed by atoms with Gasteiger partial charge in [0.2, 0.25) is 0 Å². The van der Waals surface area contributed by atoms with Gasteiger partial charge in [0.25, 0.3) is 0 Å². The Labute approximate surface area is 307 Å². The molecule has 0 fully saturated rings. The lowest BCUT2D eigenvalue weighted by Gasteiger charge is -2.28. The van der Waals surface area contributed by atoms with Crippen molar-refractivity contribution in [3.8, 4) is 22.3 Å². The lowest BCUT2D eigenvalue weighted by atomic mass is 9.84. The van der Waals surface area contributed by atoms with Crippen molar-refractivity contribution in [1.29, 1.82) is 0 Å². The Morgan fingerprint density at radius 1 is 0.481 bits per heavy atom. The van der Waals surface area contributed by atoms with E-state index in [1.807, 2.05) is 58.0 Å². The molecule has 7 aromatic rings. The third-order valence-electron chi connectivity index (χ3n) is 10.2. The summed E-state index contributed by atoms with van der Waals surface area (Å²) in [4.78, 5) is 14.3. The van der Waals surface area contributed by atoms with E-state index in [-0.39, 0.29) is 5.41 Å². The molecule has 0 aliphatic rings. The minimum Gasteiger partial charge on any atom is -0.386 e. The topological polar surface area (TPSA) is 52.9 Å². The van der Waals surface area contributed by atoms with Crippen molar-refractivity contribution in [2.45, 2.75) is 65.0 Å². The van der Waals surface area contributed by atoms with Crippen LogP contribution in [0.5, 0.6) is 0 Å². The van der Waals surface area contributed by atoms with Crippen LogP contribution in [0.15, 0.2) is 151 Å². The van der Waals surface area contributed by atoms with Crippen LogP contribution in [0, 0.1) is 4.91 Å². The van der Waals surface area contributed by atoms with Gasteiger partial charge >= 0.3 is 0 Å². The second-order valence-electron chi connectivity index (χ2n) is 15.9. The van der Waals surface area contributed by atoms with Gasteiger partial charge in [-0.25, -0.2) is 0 Å². The molecule has 0 aliphatic carbocycles. The number of nitrogens with zero attached hydrogens (tertiary/aromatic N) is 2. The second-order valence-corrected chi connectivity index (χ2v) is 15.9. The minimum absolute atomic E-state index is 0.0314. The highest BCUT2D eigenvalue weighted by molar-refractivity contribution is 6.00. The first-order valence-corrected chi connectivity index (χ1v) is 18.0. The van der Waals surface area contributed by atoms with Gasteiger partial charge in [-0.15, -0.1) is 4.91 Å². The molecular weight excluding hydrogens is 637 g/mol. The Bertz CT molecular complexity index is 2390. The Morgan fingerprint density at radius 2 is 0.885 bits per heavy atom. The van der Waals surface area contributed by atoms with Crippen LogP contribution < -0.4 is 4.90 Å². The fourth-order valence-electron chi connectivity index (χ4n) is 7.35. The van der Waals surface area contributed by atoms with E-state index in [0.29, 0.717) is 0 Å². The molecule has 0 unspecified atom stereocenters. The van der Waals surface area contributed by atoms with Crippen molar-refractivity contribution >= 4 is 38.6 Å². The van der Waals surface area contributed by atoms with Crippen LogP contribution in [0.2, 0.25) is 0 Å². The summed E-state index contributed by atoms with van der Waals surface area (Å²) < 4.78 is 0. The lowest BCUT2D eigenvalue weighted by Crippen LogP contribution is -2.17. The Morgan fingerprint density at radius 3 is 1.31 bits per heavy atom. The standard InChI is InChI=1S/C48H46N2O2/c1-46(2,3)36-22-28-39(29-23-36)50(38-26-18-35(19-27-38)45-41-15-11-9-13-33(41)21-31-43(45)48(6,7)51)37-24-16-34(17-25-37)44-40-14-10-8-12-32(40)20-30-42(44)47(4,5)49-52/h8-31,51H,1-7H3. The third-order valence-corrected chi connectivity index (χ3v) is 10.2. The van der Waals surface area contributed by atoms with Crippen LogP contribution in [-0.2, 0) is 16.6 Å². The first kappa shape index (κ1) is 34.9. The molecule has 4 nitrogen and oxygen atoms in total. The summed E-state index contributed by atoms with van der Waals surface area (Å²) in [5.41, 5.74) is 8.41. The number of rotatable bonds is 8. The van der Waals surface area contributed by atoms with E-state index in [1.54, 1.807) is 0 Å². The third kappa shape index (κ3) is 6.51. The molecule has 0 aliphatic heterocycles. The highest BCUT2D eigenvalue weighted by atomic mass is 16.3. The number of nitroso groups, excluding NO2 is 1. The average molecular weight is 683 g/mol. The molecule has 4 heteroatoms. The van der Waals surface area contributed by atoms with Crippen molar-refractivity contribution < 1.29 is 5.11 Å². The van der Waals surface area contributed by atoms with E-state index >= 15 is 0 Å². The Balaban J connectivity index is 1.36. The van der Waals surface area contributed by atoms with Crippen molar-refractivity contribution in [1.82, 2.24) is 0 Å². The van der Waals surface area contributed by atoms with Gasteiger partial charge in [-0.3, -0.25) is 0 Å². The molecule has 0 radical (unpaired) electrons. The van der Waals surface area contributed by atoms with Gasteiger partial charge in [0.1, 0.15) is 5.54 Å². The molecule has 0 saturated carbocycles. The number of fused-ring (bicyclic) bond motifs is 2. The van der Waals surface area contributed by atoms with Crippen LogP contribution in [0.1, 0.15) is 65.2 Å². The summed E-state index contributed by atoms with van der Waals surface area (Å²) in [6.45, 7) is 14.1. The van der Waals surface area contributed by atoms with E-state index in [0.717, 1.165) is 72.0 Å². The van der Waals surface area contributed by atoms with Gasteiger partial charge < -0.3 is 10.0 Å². The normalized spacial score (nSPS) is 12.3. The van der Waals surface area contributed by atoms with Crippen molar-refractivity contribution in [3.63, 3.8) is 0 Å². The number of aliphatic hydroxyl groups is 1. The predicted molar refractivity (Wildman–Crippen MR) is 220 cm³/mol. The maximum absolute atomic E-state index is 12.1. The summed E-state index contributed by atoms with van der Waals surface area (Å²) in [5, 5.41) is 19.2. The number of hydrogen-bond acceptors (Lipinski definition) is 4. The van der Waals surface area contributed by atoms with Crippen molar-refractivity contribution in [2.75, 3.05) is 4.90 Å². The van der Waals surface area contributed by atoms with Gasteiger partial charge in [0.15, 0.2) is 0 Å². The summed E-state index contributed by atoms with van der Waals surface area (Å²) in [6, 6.07) is 51.0. The molecule has 52 heavy (non-hydrogen) atoms. The molecule has 7 aromatic carbocycles. The van der Waals surface area contributed by atoms with Crippen molar-refractivity contribution in [3.05, 3.63) is 167 Å². The maximum atomic E-state index is 12.1. The minimum atomic E-state index is -1.01. The summed E-state index contributed by atoms with van der Waals surface area (Å²) >= 11 is 0. The zero-order chi connectivity index (χ0) is 36.8. The molecule has 1 N–H and O–H groups in total. The van der Waals surface area contributed by atoms with E-state index in [1.165, 1.54) is 5.56 Å². The van der Waals surface area contributed by atoms with E-state index in [9.17, 15) is 10.0 Å². The van der Waals surface area contributed by atoms with Crippen LogP contribution in [0.3, 0.4) is 0 Å². The lowest BCUT2D eigenvalue weighted by molar-refractivity contribution is 0.0793. The monoisotopic (exact) mass is 682 g/mol. The highest BCUT2D eigenvalue weighted by Gasteiger charge is 2.27. The van der Waals surface area contributed by atoms with Gasteiger partial charge in [-0.05, 0) is 130 Å². The largest absolute Gasteiger partial charge is 0.386 e. The molecule has 0 amide bonds. The van der Waals surface area contributed by atoms with Crippen molar-refractivity contribution in [2.24, 2.45) is 5.18 Å². The van der Waals surface area contributed by atoms with Gasteiger partial charge in [0, 0.05) is 17.1 Å². The molecule has 0 spiro atoms. The summed E-state index contributed by atoms with van der Waals surface area (Å²) in [5.74, 6) is 0.